The Morgan fingerprint density at radius 3 is 1.84 bits per heavy atom. The molecule has 0 spiro atoms. The van der Waals surface area contributed by atoms with Gasteiger partial charge in [-0.1, -0.05) is 67.2 Å². The predicted molar refractivity (Wildman–Crippen MR) is 103 cm³/mol. The zero-order chi connectivity index (χ0) is 19.5. The van der Waals surface area contributed by atoms with Crippen molar-refractivity contribution in [2.75, 3.05) is 0 Å². The van der Waals surface area contributed by atoms with E-state index in [1.54, 1.807) is 0 Å². The van der Waals surface area contributed by atoms with E-state index in [1.165, 1.54) is 19.3 Å². The van der Waals surface area contributed by atoms with Crippen molar-refractivity contribution in [3.8, 4) is 0 Å². The van der Waals surface area contributed by atoms with E-state index in [1.807, 2.05) is 34.6 Å². The molecule has 0 heterocycles. The minimum Gasteiger partial charge on any atom is -0.480 e. The number of carbonyl (C=O) groups is 2. The summed E-state index contributed by atoms with van der Waals surface area (Å²) in [5.41, 5.74) is -1.42. The van der Waals surface area contributed by atoms with E-state index in [0.29, 0.717) is 12.8 Å². The minimum absolute atomic E-state index is 0.122. The number of hydrogen-bond acceptors (Lipinski definition) is 3. The summed E-state index contributed by atoms with van der Waals surface area (Å²) in [6, 6.07) is 0. The Hall–Kier alpha value is -1.06. The van der Waals surface area contributed by atoms with Crippen LogP contribution in [0, 0.1) is 17.3 Å². The van der Waals surface area contributed by atoms with E-state index in [0.717, 1.165) is 25.7 Å². The molecule has 4 heteroatoms. The number of hydrogen-bond donors (Lipinski definition) is 1. The second-order valence-electron chi connectivity index (χ2n) is 8.22. The summed E-state index contributed by atoms with van der Waals surface area (Å²) in [7, 11) is 0. The zero-order valence-electron chi connectivity index (χ0n) is 17.3. The van der Waals surface area contributed by atoms with Crippen molar-refractivity contribution in [1.29, 1.82) is 0 Å². The highest BCUT2D eigenvalue weighted by Crippen LogP contribution is 2.36. The largest absolute Gasteiger partial charge is 0.480 e. The number of ether oxygens (including phenoxy) is 1. The van der Waals surface area contributed by atoms with Gasteiger partial charge in [0.05, 0.1) is 0 Å². The van der Waals surface area contributed by atoms with Crippen molar-refractivity contribution in [3.63, 3.8) is 0 Å². The molecule has 0 aromatic rings. The molecule has 0 aromatic heterocycles. The highest BCUT2D eigenvalue weighted by molar-refractivity contribution is 5.99. The minimum atomic E-state index is -1.42. The first-order chi connectivity index (χ1) is 11.7. The average molecular weight is 357 g/mol. The van der Waals surface area contributed by atoms with Gasteiger partial charge in [-0.3, -0.25) is 9.59 Å². The molecule has 1 N–H and O–H groups in total. The molecular weight excluding hydrogens is 316 g/mol. The van der Waals surface area contributed by atoms with Crippen molar-refractivity contribution in [3.05, 3.63) is 0 Å². The van der Waals surface area contributed by atoms with Crippen LogP contribution < -0.4 is 0 Å². The van der Waals surface area contributed by atoms with Gasteiger partial charge in [-0.2, -0.15) is 0 Å². The number of carboxylic acid groups (broad SMARTS) is 1. The van der Waals surface area contributed by atoms with Gasteiger partial charge in [0, 0.05) is 0 Å². The summed E-state index contributed by atoms with van der Waals surface area (Å²) >= 11 is 0. The summed E-state index contributed by atoms with van der Waals surface area (Å²) in [4.78, 5) is 24.9. The second-order valence-corrected chi connectivity index (χ2v) is 8.22. The van der Waals surface area contributed by atoms with Crippen LogP contribution in [0.5, 0.6) is 0 Å². The molecule has 0 radical (unpaired) electrons. The third kappa shape index (κ3) is 8.73. The normalized spacial score (nSPS) is 13.3. The van der Waals surface area contributed by atoms with Gasteiger partial charge in [-0.15, -0.1) is 0 Å². The van der Waals surface area contributed by atoms with Crippen molar-refractivity contribution in [1.82, 2.24) is 0 Å². The molecular formula is C21H40O4. The summed E-state index contributed by atoms with van der Waals surface area (Å²) < 4.78 is 5.72. The topological polar surface area (TPSA) is 63.6 Å². The van der Waals surface area contributed by atoms with Crippen LogP contribution in [0.15, 0.2) is 0 Å². The maximum Gasteiger partial charge on any atom is 0.323 e. The van der Waals surface area contributed by atoms with Crippen LogP contribution in [0.3, 0.4) is 0 Å². The summed E-state index contributed by atoms with van der Waals surface area (Å²) in [6.07, 6.45) is 7.86. The fourth-order valence-electron chi connectivity index (χ4n) is 3.49. The maximum absolute atomic E-state index is 12.9. The Balaban J connectivity index is 4.99. The molecule has 0 saturated carbocycles. The van der Waals surface area contributed by atoms with Crippen molar-refractivity contribution >= 4 is 11.9 Å². The quantitative estimate of drug-likeness (QED) is 0.241. The Labute approximate surface area is 154 Å². The molecule has 4 nitrogen and oxygen atoms in total. The first kappa shape index (κ1) is 23.9. The van der Waals surface area contributed by atoms with Gasteiger partial charge in [-0.25, -0.2) is 0 Å². The molecule has 0 saturated heterocycles. The SMILES string of the molecule is CCCCCCCC(CC)OC(=O)C(CC(C)C)(CC(C)C)C(=O)O. The van der Waals surface area contributed by atoms with Gasteiger partial charge in [-0.05, 0) is 43.9 Å². The lowest BCUT2D eigenvalue weighted by Crippen LogP contribution is -2.44. The molecule has 148 valence electrons. The number of unbranched alkanes of at least 4 members (excludes halogenated alkanes) is 4. The van der Waals surface area contributed by atoms with Crippen LogP contribution in [-0.2, 0) is 14.3 Å². The van der Waals surface area contributed by atoms with Crippen molar-refractivity contribution in [2.45, 2.75) is 105 Å². The molecule has 1 atom stereocenters. The Kier molecular flexibility index (Phi) is 11.8. The third-order valence-electron chi connectivity index (χ3n) is 4.67. The number of aliphatic carboxylic acids is 1. The van der Waals surface area contributed by atoms with Crippen molar-refractivity contribution < 1.29 is 19.4 Å². The highest BCUT2D eigenvalue weighted by Gasteiger charge is 2.48. The van der Waals surface area contributed by atoms with Crippen LogP contribution in [-0.4, -0.2) is 23.1 Å². The van der Waals surface area contributed by atoms with E-state index in [2.05, 4.69) is 6.92 Å². The van der Waals surface area contributed by atoms with E-state index < -0.39 is 17.4 Å². The smallest absolute Gasteiger partial charge is 0.323 e. The Bertz CT molecular complexity index is 377. The number of rotatable bonds is 14. The lowest BCUT2D eigenvalue weighted by Gasteiger charge is -2.32. The van der Waals surface area contributed by atoms with Gasteiger partial charge < -0.3 is 9.84 Å². The standard InChI is InChI=1S/C21H40O4/c1-7-9-10-11-12-13-18(8-2)25-20(24)21(19(22)23,14-16(3)4)15-17(5)6/h16-18H,7-15H2,1-6H3,(H,22,23). The highest BCUT2D eigenvalue weighted by atomic mass is 16.5. The molecule has 1 unspecified atom stereocenters. The van der Waals surface area contributed by atoms with Gasteiger partial charge in [0.15, 0.2) is 5.41 Å². The van der Waals surface area contributed by atoms with Crippen LogP contribution in [0.2, 0.25) is 0 Å². The molecule has 0 bridgehead atoms. The van der Waals surface area contributed by atoms with E-state index in [9.17, 15) is 14.7 Å². The van der Waals surface area contributed by atoms with Gasteiger partial charge in [0.1, 0.15) is 6.10 Å². The monoisotopic (exact) mass is 356 g/mol. The lowest BCUT2D eigenvalue weighted by molar-refractivity contribution is -0.176. The van der Waals surface area contributed by atoms with E-state index >= 15 is 0 Å². The van der Waals surface area contributed by atoms with Crippen LogP contribution >= 0.6 is 0 Å². The first-order valence-electron chi connectivity index (χ1n) is 10.1. The first-order valence-corrected chi connectivity index (χ1v) is 10.1. The van der Waals surface area contributed by atoms with E-state index in [-0.39, 0.29) is 17.9 Å². The molecule has 0 aliphatic heterocycles. The molecule has 0 fully saturated rings. The molecule has 0 aliphatic carbocycles. The number of esters is 1. The molecule has 0 aliphatic rings. The summed E-state index contributed by atoms with van der Waals surface area (Å²) in [5.74, 6) is -1.34. The Morgan fingerprint density at radius 2 is 1.44 bits per heavy atom. The molecule has 0 rings (SSSR count). The second kappa shape index (κ2) is 12.3. The van der Waals surface area contributed by atoms with Crippen LogP contribution in [0.4, 0.5) is 0 Å². The van der Waals surface area contributed by atoms with Gasteiger partial charge >= 0.3 is 11.9 Å². The lowest BCUT2D eigenvalue weighted by atomic mass is 9.74. The Morgan fingerprint density at radius 1 is 0.920 bits per heavy atom. The van der Waals surface area contributed by atoms with Gasteiger partial charge in [0.25, 0.3) is 0 Å². The maximum atomic E-state index is 12.9. The summed E-state index contributed by atoms with van der Waals surface area (Å²) in [5, 5.41) is 9.85. The van der Waals surface area contributed by atoms with Crippen molar-refractivity contribution in [2.24, 2.45) is 17.3 Å². The molecule has 0 aromatic carbocycles. The fraction of sp³-hybridized carbons (Fsp3) is 0.905. The summed E-state index contributed by atoms with van der Waals surface area (Å²) in [6.45, 7) is 12.0. The number of carbonyl (C=O) groups excluding carboxylic acids is 1. The van der Waals surface area contributed by atoms with Crippen LogP contribution in [0.1, 0.15) is 99.3 Å². The van der Waals surface area contributed by atoms with Crippen LogP contribution in [0.25, 0.3) is 0 Å². The zero-order valence-corrected chi connectivity index (χ0v) is 17.3. The average Bonchev–Trinajstić information content (AvgIpc) is 2.51. The molecule has 0 amide bonds. The van der Waals surface area contributed by atoms with Gasteiger partial charge in [0.2, 0.25) is 0 Å². The number of carboxylic acids is 1. The fourth-order valence-corrected chi connectivity index (χ4v) is 3.49. The molecule has 25 heavy (non-hydrogen) atoms. The van der Waals surface area contributed by atoms with E-state index in [4.69, 9.17) is 4.74 Å². The predicted octanol–water partition coefficient (Wildman–Crippen LogP) is 5.83. The third-order valence-corrected chi connectivity index (χ3v) is 4.67.